The van der Waals surface area contributed by atoms with E-state index in [-0.39, 0.29) is 5.54 Å². The van der Waals surface area contributed by atoms with Crippen molar-refractivity contribution in [2.45, 2.75) is 115 Å². The van der Waals surface area contributed by atoms with Gasteiger partial charge in [0.25, 0.3) is 0 Å². The zero-order valence-corrected chi connectivity index (χ0v) is 17.5. The van der Waals surface area contributed by atoms with Gasteiger partial charge in [-0.05, 0) is 37.6 Å². The van der Waals surface area contributed by atoms with E-state index >= 15 is 0 Å². The van der Waals surface area contributed by atoms with Gasteiger partial charge in [0.2, 0.25) is 0 Å². The Morgan fingerprint density at radius 2 is 1.35 bits per heavy atom. The summed E-state index contributed by atoms with van der Waals surface area (Å²) in [6.07, 6.45) is 26.9. The van der Waals surface area contributed by atoms with Crippen LogP contribution in [0.25, 0.3) is 0 Å². The molecule has 2 nitrogen and oxygen atoms in total. The number of hydrogen-bond acceptors (Lipinski definition) is 2. The highest BCUT2D eigenvalue weighted by molar-refractivity contribution is 5.19. The molecule has 0 radical (unpaired) electrons. The van der Waals surface area contributed by atoms with Gasteiger partial charge in [0.05, 0.1) is 6.61 Å². The maximum Gasteiger partial charge on any atom is 0.0619 e. The van der Waals surface area contributed by atoms with Gasteiger partial charge in [0, 0.05) is 5.54 Å². The number of nitrogens with one attached hydrogen (secondary N) is 1. The largest absolute Gasteiger partial charge is 0.394 e. The van der Waals surface area contributed by atoms with Crippen LogP contribution in [0, 0.1) is 11.8 Å². The molecule has 3 atom stereocenters. The Bertz CT molecular complexity index is 380. The highest BCUT2D eigenvalue weighted by Crippen LogP contribution is 2.45. The lowest BCUT2D eigenvalue weighted by Crippen LogP contribution is -2.52. The van der Waals surface area contributed by atoms with E-state index < -0.39 is 0 Å². The van der Waals surface area contributed by atoms with Crippen molar-refractivity contribution in [3.05, 3.63) is 12.2 Å². The smallest absolute Gasteiger partial charge is 0.0619 e. The van der Waals surface area contributed by atoms with E-state index in [1.807, 2.05) is 0 Å². The third-order valence-corrected chi connectivity index (χ3v) is 6.80. The van der Waals surface area contributed by atoms with Crippen molar-refractivity contribution in [3.63, 3.8) is 0 Å². The summed E-state index contributed by atoms with van der Waals surface area (Å²) in [5.74, 6) is 1.29. The molecule has 1 fully saturated rings. The monoisotopic (exact) mass is 363 g/mol. The number of fused-ring (bicyclic) bond motifs is 2. The average molecular weight is 364 g/mol. The molecule has 0 saturated heterocycles. The van der Waals surface area contributed by atoms with E-state index in [9.17, 15) is 5.11 Å². The van der Waals surface area contributed by atoms with Crippen LogP contribution in [0.4, 0.5) is 0 Å². The Balaban J connectivity index is 1.33. The molecule has 2 rings (SSSR count). The Morgan fingerprint density at radius 3 is 1.77 bits per heavy atom. The fourth-order valence-corrected chi connectivity index (χ4v) is 5.05. The molecule has 2 aliphatic rings. The standard InChI is InChI=1S/C24H45NO/c1-2-3-4-5-6-7-8-9-10-11-12-13-14-15-18-25-24(21-26)20-22-16-17-23(24)19-22/h16-17,22-23,25-26H,2-15,18-21H2,1H3. The minimum Gasteiger partial charge on any atom is -0.394 e. The highest BCUT2D eigenvalue weighted by atomic mass is 16.3. The zero-order chi connectivity index (χ0) is 18.5. The summed E-state index contributed by atoms with van der Waals surface area (Å²) in [5.41, 5.74) is 0.00988. The van der Waals surface area contributed by atoms with Crippen LogP contribution in [0.3, 0.4) is 0 Å². The third-order valence-electron chi connectivity index (χ3n) is 6.80. The summed E-state index contributed by atoms with van der Waals surface area (Å²) in [6, 6.07) is 0. The second kappa shape index (κ2) is 12.9. The van der Waals surface area contributed by atoms with E-state index in [4.69, 9.17) is 0 Å². The van der Waals surface area contributed by atoms with Crippen molar-refractivity contribution in [1.29, 1.82) is 0 Å². The molecule has 0 spiro atoms. The number of aliphatic hydroxyl groups is 1. The quantitative estimate of drug-likeness (QED) is 0.232. The number of rotatable bonds is 17. The lowest BCUT2D eigenvalue weighted by atomic mass is 9.85. The van der Waals surface area contributed by atoms with Crippen LogP contribution >= 0.6 is 0 Å². The maximum atomic E-state index is 9.86. The van der Waals surface area contributed by atoms with Crippen LogP contribution in [0.5, 0.6) is 0 Å². The first-order valence-electron chi connectivity index (χ1n) is 11.8. The van der Waals surface area contributed by atoms with Gasteiger partial charge in [0.15, 0.2) is 0 Å². The SMILES string of the molecule is CCCCCCCCCCCCCCCCNC1(CO)CC2C=CC1C2. The van der Waals surface area contributed by atoms with E-state index in [1.54, 1.807) is 0 Å². The first-order valence-corrected chi connectivity index (χ1v) is 11.8. The predicted octanol–water partition coefficient (Wildman–Crippen LogP) is 6.38. The fraction of sp³-hybridized carbons (Fsp3) is 0.917. The van der Waals surface area contributed by atoms with Gasteiger partial charge in [-0.2, -0.15) is 0 Å². The Morgan fingerprint density at radius 1 is 0.808 bits per heavy atom. The fourth-order valence-electron chi connectivity index (χ4n) is 5.05. The first-order chi connectivity index (χ1) is 12.8. The first kappa shape index (κ1) is 22.0. The summed E-state index contributed by atoms with van der Waals surface area (Å²) < 4.78 is 0. The molecule has 2 aliphatic carbocycles. The molecule has 1 saturated carbocycles. The van der Waals surface area contributed by atoms with Gasteiger partial charge in [0.1, 0.15) is 0 Å². The molecule has 2 heteroatoms. The summed E-state index contributed by atoms with van der Waals surface area (Å²) in [5, 5.41) is 13.6. The van der Waals surface area contributed by atoms with Crippen LogP contribution in [0.2, 0.25) is 0 Å². The molecule has 0 heterocycles. The van der Waals surface area contributed by atoms with Crippen molar-refractivity contribution in [2.75, 3.05) is 13.2 Å². The van der Waals surface area contributed by atoms with Crippen molar-refractivity contribution < 1.29 is 5.11 Å². The van der Waals surface area contributed by atoms with Crippen molar-refractivity contribution in [3.8, 4) is 0 Å². The Kier molecular flexibility index (Phi) is 10.9. The van der Waals surface area contributed by atoms with Gasteiger partial charge in [-0.15, -0.1) is 0 Å². The minimum absolute atomic E-state index is 0.00988. The molecular formula is C24H45NO. The molecule has 2 N–H and O–H groups in total. The summed E-state index contributed by atoms with van der Waals surface area (Å²) in [6.45, 7) is 3.67. The van der Waals surface area contributed by atoms with Gasteiger partial charge in [-0.1, -0.05) is 103 Å². The zero-order valence-electron chi connectivity index (χ0n) is 17.5. The van der Waals surface area contributed by atoms with Gasteiger partial charge in [-0.25, -0.2) is 0 Å². The molecule has 2 bridgehead atoms. The second-order valence-electron chi connectivity index (χ2n) is 9.03. The molecular weight excluding hydrogens is 318 g/mol. The van der Waals surface area contributed by atoms with Crippen LogP contribution in [-0.4, -0.2) is 23.8 Å². The number of hydrogen-bond donors (Lipinski definition) is 2. The Labute approximate surface area is 163 Å². The van der Waals surface area contributed by atoms with Gasteiger partial charge >= 0.3 is 0 Å². The van der Waals surface area contributed by atoms with Gasteiger partial charge in [-0.3, -0.25) is 0 Å². The highest BCUT2D eigenvalue weighted by Gasteiger charge is 2.47. The molecule has 0 aromatic carbocycles. The third kappa shape index (κ3) is 7.35. The summed E-state index contributed by atoms with van der Waals surface area (Å²) >= 11 is 0. The molecule has 0 aromatic rings. The van der Waals surface area contributed by atoms with Gasteiger partial charge < -0.3 is 10.4 Å². The molecule has 0 amide bonds. The molecule has 0 aliphatic heterocycles. The van der Waals surface area contributed by atoms with E-state index in [1.165, 1.54) is 96.3 Å². The molecule has 3 unspecified atom stereocenters. The second-order valence-corrected chi connectivity index (χ2v) is 9.03. The average Bonchev–Trinajstić information content (AvgIpc) is 3.26. The maximum absolute atomic E-state index is 9.86. The predicted molar refractivity (Wildman–Crippen MR) is 113 cm³/mol. The minimum atomic E-state index is 0.00988. The summed E-state index contributed by atoms with van der Waals surface area (Å²) in [7, 11) is 0. The molecule has 0 aromatic heterocycles. The lowest BCUT2D eigenvalue weighted by Gasteiger charge is -2.35. The van der Waals surface area contributed by atoms with Crippen molar-refractivity contribution >= 4 is 0 Å². The number of unbranched alkanes of at least 4 members (excludes halogenated alkanes) is 13. The van der Waals surface area contributed by atoms with E-state index in [2.05, 4.69) is 24.4 Å². The molecule has 152 valence electrons. The van der Waals surface area contributed by atoms with E-state index in [0.29, 0.717) is 12.5 Å². The van der Waals surface area contributed by atoms with Crippen LogP contribution in [-0.2, 0) is 0 Å². The van der Waals surface area contributed by atoms with E-state index in [0.717, 1.165) is 18.9 Å². The van der Waals surface area contributed by atoms with Crippen LogP contribution in [0.15, 0.2) is 12.2 Å². The topological polar surface area (TPSA) is 32.3 Å². The van der Waals surface area contributed by atoms with Crippen LogP contribution in [0.1, 0.15) is 110 Å². The normalized spacial score (nSPS) is 26.8. The lowest BCUT2D eigenvalue weighted by molar-refractivity contribution is 0.136. The van der Waals surface area contributed by atoms with Crippen molar-refractivity contribution in [2.24, 2.45) is 11.8 Å². The van der Waals surface area contributed by atoms with Crippen LogP contribution < -0.4 is 5.32 Å². The molecule has 26 heavy (non-hydrogen) atoms. The number of aliphatic hydroxyl groups excluding tert-OH is 1. The number of allylic oxidation sites excluding steroid dienone is 1. The Hall–Kier alpha value is -0.340. The van der Waals surface area contributed by atoms with Crippen molar-refractivity contribution in [1.82, 2.24) is 5.32 Å². The summed E-state index contributed by atoms with van der Waals surface area (Å²) in [4.78, 5) is 0.